The van der Waals surface area contributed by atoms with Crippen LogP contribution in [0.4, 0.5) is 0 Å². The fourth-order valence-electron chi connectivity index (χ4n) is 1.00. The van der Waals surface area contributed by atoms with Gasteiger partial charge < -0.3 is 4.74 Å². The molecule has 1 rings (SSSR count). The van der Waals surface area contributed by atoms with Gasteiger partial charge in [0.15, 0.2) is 0 Å². The van der Waals surface area contributed by atoms with Crippen molar-refractivity contribution in [3.05, 3.63) is 5.82 Å². The van der Waals surface area contributed by atoms with Gasteiger partial charge in [0.2, 0.25) is 5.16 Å². The van der Waals surface area contributed by atoms with Gasteiger partial charge in [-0.05, 0) is 27.0 Å². The number of carbonyl (C=O) groups is 1. The molecule has 0 aromatic carbocycles. The number of ether oxygens (including phenoxy) is 1. The Morgan fingerprint density at radius 3 is 2.82 bits per heavy atom. The summed E-state index contributed by atoms with van der Waals surface area (Å²) in [6.45, 7) is 6.32. The predicted molar refractivity (Wildman–Crippen MR) is 70.3 cm³/mol. The molecule has 0 radical (unpaired) electrons. The van der Waals surface area contributed by atoms with Crippen molar-refractivity contribution in [1.29, 1.82) is 0 Å². The molecule has 0 fully saturated rings. The number of nitrogens with one attached hydrogen (secondary N) is 1. The third kappa shape index (κ3) is 4.23. The number of H-pyrrole nitrogens is 1. The smallest absolute Gasteiger partial charge is 0.316 e. The number of carbonyl (C=O) groups excluding carboxylic acids is 1. The minimum Gasteiger partial charge on any atom is -0.465 e. The average molecular weight is 275 g/mol. The van der Waals surface area contributed by atoms with Crippen molar-refractivity contribution in [3.63, 3.8) is 0 Å². The van der Waals surface area contributed by atoms with Crippen LogP contribution in [-0.2, 0) is 14.3 Å². The molecule has 1 aromatic heterocycles. The summed E-state index contributed by atoms with van der Waals surface area (Å²) in [5.74, 6) is 0.814. The molecule has 0 bridgehead atoms. The fraction of sp³-hybridized carbons (Fsp3) is 0.700. The van der Waals surface area contributed by atoms with Gasteiger partial charge >= 0.3 is 5.97 Å². The number of aromatic nitrogens is 3. The molecular weight excluding hydrogens is 258 g/mol. The molecule has 0 saturated heterocycles. The van der Waals surface area contributed by atoms with E-state index in [4.69, 9.17) is 4.74 Å². The second-order valence-corrected chi connectivity index (χ2v) is 6.15. The van der Waals surface area contributed by atoms with Gasteiger partial charge in [0.1, 0.15) is 5.82 Å². The zero-order valence-corrected chi connectivity index (χ0v) is 12.1. The van der Waals surface area contributed by atoms with Crippen LogP contribution in [0.5, 0.6) is 0 Å². The van der Waals surface area contributed by atoms with Gasteiger partial charge in [0.05, 0.1) is 17.1 Å². The Kier molecular flexibility index (Phi) is 5.32. The van der Waals surface area contributed by atoms with E-state index in [1.165, 1.54) is 11.8 Å². The standard InChI is InChI=1S/C10H17N3O2S2/c1-5-15-7(14)6-17-9-11-8(12-13-9)10(2,3)16-4/h5-6H2,1-4H3,(H,11,12,13). The first-order valence-corrected chi connectivity index (χ1v) is 7.47. The Balaban J connectivity index is 2.54. The Hall–Kier alpha value is -0.690. The number of hydrogen-bond acceptors (Lipinski definition) is 6. The molecule has 0 atom stereocenters. The summed E-state index contributed by atoms with van der Waals surface area (Å²) in [6, 6.07) is 0. The van der Waals surface area contributed by atoms with Crippen molar-refractivity contribution in [2.24, 2.45) is 0 Å². The summed E-state index contributed by atoms with van der Waals surface area (Å²) >= 11 is 2.97. The summed E-state index contributed by atoms with van der Waals surface area (Å²) in [7, 11) is 0. The van der Waals surface area contributed by atoms with E-state index in [0.29, 0.717) is 11.8 Å². The van der Waals surface area contributed by atoms with Crippen LogP contribution in [0.3, 0.4) is 0 Å². The zero-order chi connectivity index (χ0) is 12.9. The van der Waals surface area contributed by atoms with Crippen LogP contribution in [0.15, 0.2) is 5.16 Å². The van der Waals surface area contributed by atoms with Gasteiger partial charge in [-0.3, -0.25) is 9.89 Å². The minimum atomic E-state index is -0.243. The molecule has 5 nitrogen and oxygen atoms in total. The molecule has 0 aliphatic carbocycles. The molecule has 0 spiro atoms. The predicted octanol–water partition coefficient (Wildman–Crippen LogP) is 2.06. The maximum absolute atomic E-state index is 11.2. The molecule has 0 saturated carbocycles. The lowest BCUT2D eigenvalue weighted by atomic mass is 10.2. The van der Waals surface area contributed by atoms with Gasteiger partial charge in [0.25, 0.3) is 0 Å². The van der Waals surface area contributed by atoms with Gasteiger partial charge in [-0.25, -0.2) is 4.98 Å². The lowest BCUT2D eigenvalue weighted by Gasteiger charge is -2.17. The molecule has 1 N–H and O–H groups in total. The van der Waals surface area contributed by atoms with Crippen LogP contribution < -0.4 is 0 Å². The van der Waals surface area contributed by atoms with Gasteiger partial charge in [-0.15, -0.1) is 5.10 Å². The summed E-state index contributed by atoms with van der Waals surface area (Å²) in [5, 5.41) is 7.54. The SMILES string of the molecule is CCOC(=O)CSc1n[nH]c(C(C)(C)SC)n1. The third-order valence-corrected chi connectivity index (χ3v) is 4.20. The maximum atomic E-state index is 11.2. The number of hydrogen-bond donors (Lipinski definition) is 1. The average Bonchev–Trinajstić information content (AvgIpc) is 2.76. The lowest BCUT2D eigenvalue weighted by Crippen LogP contribution is -2.13. The topological polar surface area (TPSA) is 67.9 Å². The Morgan fingerprint density at radius 1 is 1.53 bits per heavy atom. The normalized spacial score (nSPS) is 11.5. The fourth-order valence-corrected chi connectivity index (χ4v) is 1.88. The maximum Gasteiger partial charge on any atom is 0.316 e. The molecule has 17 heavy (non-hydrogen) atoms. The van der Waals surface area contributed by atoms with Gasteiger partial charge in [0, 0.05) is 0 Å². The Morgan fingerprint density at radius 2 is 2.24 bits per heavy atom. The second-order valence-electron chi connectivity index (χ2n) is 3.77. The monoisotopic (exact) mass is 275 g/mol. The minimum absolute atomic E-state index is 0.101. The van der Waals surface area contributed by atoms with E-state index in [1.54, 1.807) is 18.7 Å². The van der Waals surface area contributed by atoms with Crippen LogP contribution in [0, 0.1) is 0 Å². The molecule has 0 aliphatic rings. The van der Waals surface area contributed by atoms with Gasteiger partial charge in [-0.2, -0.15) is 11.8 Å². The summed E-state index contributed by atoms with van der Waals surface area (Å²) < 4.78 is 4.73. The molecule has 0 amide bonds. The number of nitrogens with zero attached hydrogens (tertiary/aromatic N) is 2. The zero-order valence-electron chi connectivity index (χ0n) is 10.4. The van der Waals surface area contributed by atoms with E-state index in [-0.39, 0.29) is 16.5 Å². The van der Waals surface area contributed by atoms with Crippen LogP contribution >= 0.6 is 23.5 Å². The highest BCUT2D eigenvalue weighted by molar-refractivity contribution is 8.00. The molecule has 1 aromatic rings. The highest BCUT2D eigenvalue weighted by Gasteiger charge is 2.23. The third-order valence-electron chi connectivity index (χ3n) is 2.17. The summed E-state index contributed by atoms with van der Waals surface area (Å²) in [6.07, 6.45) is 2.02. The van der Waals surface area contributed by atoms with E-state index in [2.05, 4.69) is 29.0 Å². The van der Waals surface area contributed by atoms with Crippen molar-refractivity contribution < 1.29 is 9.53 Å². The van der Waals surface area contributed by atoms with E-state index < -0.39 is 0 Å². The molecular formula is C10H17N3O2S2. The van der Waals surface area contributed by atoms with E-state index in [1.807, 2.05) is 6.26 Å². The lowest BCUT2D eigenvalue weighted by molar-refractivity contribution is -0.139. The number of rotatable bonds is 6. The first-order chi connectivity index (χ1) is 7.99. The van der Waals surface area contributed by atoms with Crippen LogP contribution in [0.25, 0.3) is 0 Å². The second kappa shape index (κ2) is 6.30. The molecule has 0 aliphatic heterocycles. The summed E-state index contributed by atoms with van der Waals surface area (Å²) in [5.41, 5.74) is 0. The van der Waals surface area contributed by atoms with Crippen molar-refractivity contribution in [2.45, 2.75) is 30.7 Å². The van der Waals surface area contributed by atoms with Crippen molar-refractivity contribution in [1.82, 2.24) is 15.2 Å². The number of esters is 1. The largest absolute Gasteiger partial charge is 0.465 e. The van der Waals surface area contributed by atoms with Crippen molar-refractivity contribution >= 4 is 29.5 Å². The van der Waals surface area contributed by atoms with Crippen LogP contribution in [0.1, 0.15) is 26.6 Å². The van der Waals surface area contributed by atoms with Gasteiger partial charge in [-0.1, -0.05) is 11.8 Å². The number of thioether (sulfide) groups is 2. The Labute approximate surface area is 109 Å². The van der Waals surface area contributed by atoms with E-state index >= 15 is 0 Å². The number of aromatic amines is 1. The molecule has 0 unspecified atom stereocenters. The molecule has 1 heterocycles. The first kappa shape index (κ1) is 14.4. The Bertz CT molecular complexity index is 379. The highest BCUT2D eigenvalue weighted by atomic mass is 32.2. The van der Waals surface area contributed by atoms with E-state index in [9.17, 15) is 4.79 Å². The van der Waals surface area contributed by atoms with Crippen LogP contribution in [-0.4, -0.2) is 39.8 Å². The molecule has 7 heteroatoms. The summed E-state index contributed by atoms with van der Waals surface area (Å²) in [4.78, 5) is 15.5. The van der Waals surface area contributed by atoms with Crippen molar-refractivity contribution in [3.8, 4) is 0 Å². The van der Waals surface area contributed by atoms with Crippen molar-refractivity contribution in [2.75, 3.05) is 18.6 Å². The molecule has 96 valence electrons. The first-order valence-electron chi connectivity index (χ1n) is 5.26. The quantitative estimate of drug-likeness (QED) is 0.633. The van der Waals surface area contributed by atoms with Crippen LogP contribution in [0.2, 0.25) is 0 Å². The highest BCUT2D eigenvalue weighted by Crippen LogP contribution is 2.31. The van der Waals surface area contributed by atoms with E-state index in [0.717, 1.165) is 5.82 Å².